The first-order valence-electron chi connectivity index (χ1n) is 6.38. The van der Waals surface area contributed by atoms with E-state index < -0.39 is 6.04 Å². The molecular weight excluding hydrogens is 232 g/mol. The van der Waals surface area contributed by atoms with Gasteiger partial charge in [-0.2, -0.15) is 0 Å². The highest BCUT2D eigenvalue weighted by molar-refractivity contribution is 5.88. The van der Waals surface area contributed by atoms with E-state index >= 15 is 0 Å². The maximum absolute atomic E-state index is 11.8. The van der Waals surface area contributed by atoms with Crippen molar-refractivity contribution < 1.29 is 9.59 Å². The SMILES string of the molecule is CCCC(=O)[C@H](CCCN=C(N)N)NC(=O)CC. The molecule has 104 valence electrons. The second-order valence-corrected chi connectivity index (χ2v) is 4.14. The second-order valence-electron chi connectivity index (χ2n) is 4.14. The van der Waals surface area contributed by atoms with Gasteiger partial charge in [0.2, 0.25) is 5.91 Å². The molecule has 0 aliphatic rings. The number of nitrogens with two attached hydrogens (primary N) is 2. The normalized spacial score (nSPS) is 11.7. The van der Waals surface area contributed by atoms with Crippen molar-refractivity contribution in [3.05, 3.63) is 0 Å². The Morgan fingerprint density at radius 3 is 2.44 bits per heavy atom. The number of guanidine groups is 1. The summed E-state index contributed by atoms with van der Waals surface area (Å²) in [6, 6.07) is -0.411. The first-order valence-corrected chi connectivity index (χ1v) is 6.38. The Hall–Kier alpha value is -1.59. The third-order valence-electron chi connectivity index (χ3n) is 2.49. The largest absolute Gasteiger partial charge is 0.370 e. The predicted molar refractivity (Wildman–Crippen MR) is 72.0 cm³/mol. The number of ketones is 1. The van der Waals surface area contributed by atoms with Gasteiger partial charge in [-0.25, -0.2) is 0 Å². The molecule has 0 aliphatic carbocycles. The van der Waals surface area contributed by atoms with E-state index in [2.05, 4.69) is 10.3 Å². The molecule has 0 aliphatic heterocycles. The van der Waals surface area contributed by atoms with Gasteiger partial charge in [-0.3, -0.25) is 14.6 Å². The molecule has 18 heavy (non-hydrogen) atoms. The minimum Gasteiger partial charge on any atom is -0.370 e. The van der Waals surface area contributed by atoms with Crippen molar-refractivity contribution in [1.82, 2.24) is 5.32 Å². The molecule has 0 radical (unpaired) electrons. The lowest BCUT2D eigenvalue weighted by Gasteiger charge is -2.16. The van der Waals surface area contributed by atoms with Crippen LogP contribution in [0.5, 0.6) is 0 Å². The lowest BCUT2D eigenvalue weighted by Crippen LogP contribution is -2.40. The quantitative estimate of drug-likeness (QED) is 0.313. The summed E-state index contributed by atoms with van der Waals surface area (Å²) >= 11 is 0. The first-order chi connectivity index (χ1) is 8.51. The Labute approximate surface area is 108 Å². The van der Waals surface area contributed by atoms with E-state index in [1.807, 2.05) is 6.92 Å². The number of carbonyl (C=O) groups excluding carboxylic acids is 2. The van der Waals surface area contributed by atoms with Crippen molar-refractivity contribution >= 4 is 17.6 Å². The zero-order valence-electron chi connectivity index (χ0n) is 11.2. The van der Waals surface area contributed by atoms with Crippen LogP contribution in [0.15, 0.2) is 4.99 Å². The minimum absolute atomic E-state index is 0.0454. The molecule has 1 atom stereocenters. The van der Waals surface area contributed by atoms with Crippen molar-refractivity contribution in [2.24, 2.45) is 16.5 Å². The highest BCUT2D eigenvalue weighted by Gasteiger charge is 2.18. The van der Waals surface area contributed by atoms with Gasteiger partial charge in [-0.15, -0.1) is 0 Å². The van der Waals surface area contributed by atoms with E-state index in [-0.39, 0.29) is 17.6 Å². The van der Waals surface area contributed by atoms with Crippen molar-refractivity contribution in [1.29, 1.82) is 0 Å². The fourth-order valence-corrected chi connectivity index (χ4v) is 1.53. The number of nitrogens with zero attached hydrogens (tertiary/aromatic N) is 1. The van der Waals surface area contributed by atoms with Gasteiger partial charge in [0.15, 0.2) is 11.7 Å². The van der Waals surface area contributed by atoms with Crippen LogP contribution in [-0.2, 0) is 9.59 Å². The Morgan fingerprint density at radius 1 is 1.28 bits per heavy atom. The molecule has 0 rings (SSSR count). The number of Topliss-reactive ketones (excluding diaryl/α,β-unsaturated/α-hetero) is 1. The van der Waals surface area contributed by atoms with E-state index in [0.717, 1.165) is 6.42 Å². The van der Waals surface area contributed by atoms with Gasteiger partial charge >= 0.3 is 0 Å². The number of hydrogen-bond acceptors (Lipinski definition) is 3. The summed E-state index contributed by atoms with van der Waals surface area (Å²) in [5.74, 6) is 0.0133. The lowest BCUT2D eigenvalue weighted by atomic mass is 10.0. The molecule has 6 nitrogen and oxygen atoms in total. The zero-order chi connectivity index (χ0) is 14.0. The van der Waals surface area contributed by atoms with Crippen LogP contribution in [0.4, 0.5) is 0 Å². The molecule has 0 unspecified atom stereocenters. The number of carbonyl (C=O) groups is 2. The van der Waals surface area contributed by atoms with E-state index in [1.54, 1.807) is 6.92 Å². The van der Waals surface area contributed by atoms with Gasteiger partial charge < -0.3 is 16.8 Å². The minimum atomic E-state index is -0.411. The molecule has 0 aromatic carbocycles. The molecule has 0 saturated carbocycles. The highest BCUT2D eigenvalue weighted by Crippen LogP contribution is 2.04. The predicted octanol–water partition coefficient (Wildman–Crippen LogP) is 0.304. The van der Waals surface area contributed by atoms with Gasteiger partial charge in [0.05, 0.1) is 6.04 Å². The molecule has 0 aromatic rings. The maximum atomic E-state index is 11.8. The van der Waals surface area contributed by atoms with Crippen LogP contribution in [0.3, 0.4) is 0 Å². The Morgan fingerprint density at radius 2 is 1.94 bits per heavy atom. The molecule has 0 bridgehead atoms. The molecule has 0 saturated heterocycles. The van der Waals surface area contributed by atoms with Crippen LogP contribution < -0.4 is 16.8 Å². The van der Waals surface area contributed by atoms with Crippen molar-refractivity contribution in [2.45, 2.75) is 52.0 Å². The van der Waals surface area contributed by atoms with E-state index in [1.165, 1.54) is 0 Å². The molecular formula is C12H24N4O2. The lowest BCUT2D eigenvalue weighted by molar-refractivity contribution is -0.127. The summed E-state index contributed by atoms with van der Waals surface area (Å²) in [5, 5.41) is 2.74. The van der Waals surface area contributed by atoms with Crippen molar-refractivity contribution in [3.63, 3.8) is 0 Å². The summed E-state index contributed by atoms with van der Waals surface area (Å²) in [6.45, 7) is 4.17. The smallest absolute Gasteiger partial charge is 0.220 e. The van der Waals surface area contributed by atoms with Crippen LogP contribution in [0.1, 0.15) is 46.0 Å². The summed E-state index contributed by atoms with van der Waals surface area (Å²) in [4.78, 5) is 27.0. The molecule has 0 fully saturated rings. The van der Waals surface area contributed by atoms with Crippen LogP contribution in [0, 0.1) is 0 Å². The molecule has 0 aromatic heterocycles. The van der Waals surface area contributed by atoms with E-state index in [0.29, 0.717) is 32.2 Å². The van der Waals surface area contributed by atoms with Crippen molar-refractivity contribution in [2.75, 3.05) is 6.54 Å². The Balaban J connectivity index is 4.24. The molecule has 5 N–H and O–H groups in total. The fraction of sp³-hybridized carbons (Fsp3) is 0.750. The third-order valence-corrected chi connectivity index (χ3v) is 2.49. The van der Waals surface area contributed by atoms with Crippen LogP contribution >= 0.6 is 0 Å². The summed E-state index contributed by atoms with van der Waals surface area (Å²) in [5.41, 5.74) is 10.4. The number of hydrogen-bond donors (Lipinski definition) is 3. The Kier molecular flexibility index (Phi) is 8.61. The van der Waals surface area contributed by atoms with E-state index in [9.17, 15) is 9.59 Å². The van der Waals surface area contributed by atoms with Crippen LogP contribution in [0.25, 0.3) is 0 Å². The maximum Gasteiger partial charge on any atom is 0.220 e. The third kappa shape index (κ3) is 7.65. The van der Waals surface area contributed by atoms with Crippen LogP contribution in [-0.4, -0.2) is 30.2 Å². The number of nitrogens with one attached hydrogen (secondary N) is 1. The monoisotopic (exact) mass is 256 g/mol. The molecule has 6 heteroatoms. The topological polar surface area (TPSA) is 111 Å². The van der Waals surface area contributed by atoms with Gasteiger partial charge in [0.1, 0.15) is 0 Å². The standard InChI is InChI=1S/C12H24N4O2/c1-3-6-10(17)9(16-11(18)4-2)7-5-8-15-12(13)14/h9H,3-8H2,1-2H3,(H,16,18)(H4,13,14,15)/t9-/m0/s1. The van der Waals surface area contributed by atoms with Gasteiger partial charge in [0.25, 0.3) is 0 Å². The summed E-state index contributed by atoms with van der Waals surface area (Å²) in [6.07, 6.45) is 2.88. The number of aliphatic imine (C=N–C) groups is 1. The van der Waals surface area contributed by atoms with Gasteiger partial charge in [-0.05, 0) is 19.3 Å². The molecule has 0 spiro atoms. The zero-order valence-corrected chi connectivity index (χ0v) is 11.2. The Bertz CT molecular complexity index is 298. The summed E-state index contributed by atoms with van der Waals surface area (Å²) in [7, 11) is 0. The average Bonchev–Trinajstić information content (AvgIpc) is 2.32. The number of rotatable bonds is 9. The first kappa shape index (κ1) is 16.4. The second kappa shape index (κ2) is 9.44. The average molecular weight is 256 g/mol. The fourth-order valence-electron chi connectivity index (χ4n) is 1.53. The van der Waals surface area contributed by atoms with Gasteiger partial charge in [-0.1, -0.05) is 13.8 Å². The van der Waals surface area contributed by atoms with Crippen LogP contribution in [0.2, 0.25) is 0 Å². The summed E-state index contributed by atoms with van der Waals surface area (Å²) < 4.78 is 0. The highest BCUT2D eigenvalue weighted by atomic mass is 16.2. The molecule has 0 heterocycles. The number of amides is 1. The van der Waals surface area contributed by atoms with Crippen molar-refractivity contribution in [3.8, 4) is 0 Å². The van der Waals surface area contributed by atoms with E-state index in [4.69, 9.17) is 11.5 Å². The molecule has 1 amide bonds. The van der Waals surface area contributed by atoms with Gasteiger partial charge in [0, 0.05) is 19.4 Å².